The zero-order valence-electron chi connectivity index (χ0n) is 19.5. The largest absolute Gasteiger partial charge is 0.491 e. The predicted molar refractivity (Wildman–Crippen MR) is 127 cm³/mol. The molecular weight excluding hydrogens is 388 g/mol. The van der Waals surface area contributed by atoms with Crippen molar-refractivity contribution in [3.63, 3.8) is 0 Å². The van der Waals surface area contributed by atoms with Gasteiger partial charge in [0.1, 0.15) is 5.75 Å². The number of benzene rings is 2. The van der Waals surface area contributed by atoms with E-state index < -0.39 is 0 Å². The number of piperazine rings is 1. The zero-order chi connectivity index (χ0) is 22.4. The Morgan fingerprint density at radius 1 is 1.00 bits per heavy atom. The Balaban J connectivity index is 1.70. The van der Waals surface area contributed by atoms with Crippen molar-refractivity contribution in [2.45, 2.75) is 26.0 Å². The van der Waals surface area contributed by atoms with Gasteiger partial charge < -0.3 is 19.9 Å². The number of rotatable bonds is 8. The summed E-state index contributed by atoms with van der Waals surface area (Å²) in [6.45, 7) is 8.62. The summed E-state index contributed by atoms with van der Waals surface area (Å²) in [6, 6.07) is 16.2. The molecule has 1 fully saturated rings. The lowest BCUT2D eigenvalue weighted by molar-refractivity contribution is 0.0886. The minimum absolute atomic E-state index is 0.0554. The molecule has 1 aliphatic heterocycles. The maximum atomic E-state index is 12.8. The molecule has 2 aromatic rings. The molecule has 1 saturated heterocycles. The molecule has 0 unspecified atom stereocenters. The summed E-state index contributed by atoms with van der Waals surface area (Å²) in [5, 5.41) is 3.16. The van der Waals surface area contributed by atoms with Gasteiger partial charge in [0.2, 0.25) is 0 Å². The monoisotopic (exact) mass is 424 g/mol. The van der Waals surface area contributed by atoms with Crippen LogP contribution in [0.2, 0.25) is 0 Å². The molecule has 6 heteroatoms. The number of carbonyl (C=O) groups is 1. The van der Waals surface area contributed by atoms with Crippen molar-refractivity contribution in [3.8, 4) is 5.75 Å². The first kappa shape index (κ1) is 23.1. The quantitative estimate of drug-likeness (QED) is 0.705. The Morgan fingerprint density at radius 2 is 1.61 bits per heavy atom. The first-order valence-electron chi connectivity index (χ1n) is 11.1. The molecule has 0 saturated carbocycles. The SMILES string of the molecule is CC(C)Oc1ccc(C(=O)NC[C@@H](c2ccc(N(C)C)cc2)N2CCN(C)CC2)cc1. The van der Waals surface area contributed by atoms with Gasteiger partial charge in [-0.15, -0.1) is 0 Å². The maximum absolute atomic E-state index is 12.8. The van der Waals surface area contributed by atoms with Crippen LogP contribution in [0.15, 0.2) is 48.5 Å². The highest BCUT2D eigenvalue weighted by atomic mass is 16.5. The number of hydrogen-bond donors (Lipinski definition) is 1. The maximum Gasteiger partial charge on any atom is 0.251 e. The van der Waals surface area contributed by atoms with Crippen molar-refractivity contribution in [2.24, 2.45) is 0 Å². The lowest BCUT2D eigenvalue weighted by atomic mass is 10.0. The highest BCUT2D eigenvalue weighted by molar-refractivity contribution is 5.94. The van der Waals surface area contributed by atoms with Crippen LogP contribution in [-0.4, -0.2) is 75.7 Å². The third-order valence-electron chi connectivity index (χ3n) is 5.72. The van der Waals surface area contributed by atoms with E-state index in [9.17, 15) is 4.79 Å². The summed E-state index contributed by atoms with van der Waals surface area (Å²) >= 11 is 0. The highest BCUT2D eigenvalue weighted by Gasteiger charge is 2.24. The van der Waals surface area contributed by atoms with Gasteiger partial charge in [-0.25, -0.2) is 0 Å². The highest BCUT2D eigenvalue weighted by Crippen LogP contribution is 2.24. The van der Waals surface area contributed by atoms with E-state index in [2.05, 4.69) is 51.3 Å². The molecule has 1 heterocycles. The van der Waals surface area contributed by atoms with Crippen LogP contribution in [0.25, 0.3) is 0 Å². The molecule has 2 aromatic carbocycles. The van der Waals surface area contributed by atoms with Gasteiger partial charge in [-0.1, -0.05) is 12.1 Å². The number of amides is 1. The van der Waals surface area contributed by atoms with Crippen LogP contribution in [0.5, 0.6) is 5.75 Å². The van der Waals surface area contributed by atoms with E-state index >= 15 is 0 Å². The molecule has 3 rings (SSSR count). The third-order valence-corrected chi connectivity index (χ3v) is 5.72. The van der Waals surface area contributed by atoms with E-state index in [1.807, 2.05) is 52.2 Å². The lowest BCUT2D eigenvalue weighted by Crippen LogP contribution is -2.48. The molecule has 0 spiro atoms. The Morgan fingerprint density at radius 3 is 2.16 bits per heavy atom. The second-order valence-electron chi connectivity index (χ2n) is 8.74. The average molecular weight is 425 g/mol. The molecule has 0 aromatic heterocycles. The number of likely N-dealkylation sites (N-methyl/N-ethyl adjacent to an activating group) is 1. The van der Waals surface area contributed by atoms with Crippen molar-refractivity contribution in [3.05, 3.63) is 59.7 Å². The van der Waals surface area contributed by atoms with Gasteiger partial charge in [0, 0.05) is 58.1 Å². The first-order chi connectivity index (χ1) is 14.8. The summed E-state index contributed by atoms with van der Waals surface area (Å²) in [5.74, 6) is 0.725. The van der Waals surface area contributed by atoms with Crippen molar-refractivity contribution < 1.29 is 9.53 Å². The van der Waals surface area contributed by atoms with Crippen LogP contribution < -0.4 is 15.0 Å². The van der Waals surface area contributed by atoms with E-state index in [4.69, 9.17) is 4.74 Å². The van der Waals surface area contributed by atoms with Gasteiger partial charge in [-0.2, -0.15) is 0 Å². The van der Waals surface area contributed by atoms with E-state index in [0.717, 1.165) is 31.9 Å². The number of nitrogens with zero attached hydrogens (tertiary/aromatic N) is 3. The molecule has 1 aliphatic rings. The Labute approximate surface area is 186 Å². The van der Waals surface area contributed by atoms with Gasteiger partial charge in [-0.3, -0.25) is 9.69 Å². The van der Waals surface area contributed by atoms with Crippen molar-refractivity contribution in [2.75, 3.05) is 58.8 Å². The number of hydrogen-bond acceptors (Lipinski definition) is 5. The van der Waals surface area contributed by atoms with E-state index in [1.54, 1.807) is 0 Å². The molecule has 0 aliphatic carbocycles. The smallest absolute Gasteiger partial charge is 0.251 e. The molecule has 6 nitrogen and oxygen atoms in total. The Kier molecular flexibility index (Phi) is 7.93. The molecule has 0 bridgehead atoms. The third kappa shape index (κ3) is 6.45. The van der Waals surface area contributed by atoms with Crippen molar-refractivity contribution in [1.82, 2.24) is 15.1 Å². The van der Waals surface area contributed by atoms with Crippen LogP contribution >= 0.6 is 0 Å². The molecule has 1 N–H and O–H groups in total. The van der Waals surface area contributed by atoms with E-state index in [-0.39, 0.29) is 18.1 Å². The van der Waals surface area contributed by atoms with Gasteiger partial charge in [0.25, 0.3) is 5.91 Å². The van der Waals surface area contributed by atoms with Crippen molar-refractivity contribution in [1.29, 1.82) is 0 Å². The fourth-order valence-corrected chi connectivity index (χ4v) is 3.83. The second-order valence-corrected chi connectivity index (χ2v) is 8.74. The second kappa shape index (κ2) is 10.6. The van der Waals surface area contributed by atoms with E-state index in [0.29, 0.717) is 12.1 Å². The molecule has 31 heavy (non-hydrogen) atoms. The Hall–Kier alpha value is -2.57. The van der Waals surface area contributed by atoms with Crippen LogP contribution in [0, 0.1) is 0 Å². The molecular formula is C25H36N4O2. The van der Waals surface area contributed by atoms with Crippen molar-refractivity contribution >= 4 is 11.6 Å². The molecule has 0 radical (unpaired) electrons. The van der Waals surface area contributed by atoms with Crippen LogP contribution in [0.4, 0.5) is 5.69 Å². The molecule has 1 amide bonds. The minimum Gasteiger partial charge on any atom is -0.491 e. The summed E-state index contributed by atoms with van der Waals surface area (Å²) in [4.78, 5) is 19.7. The van der Waals surface area contributed by atoms with Gasteiger partial charge in [0.05, 0.1) is 12.1 Å². The number of carbonyl (C=O) groups excluding carboxylic acids is 1. The average Bonchev–Trinajstić information content (AvgIpc) is 2.75. The summed E-state index contributed by atoms with van der Waals surface area (Å²) < 4.78 is 5.67. The van der Waals surface area contributed by atoms with Gasteiger partial charge in [-0.05, 0) is 62.9 Å². The topological polar surface area (TPSA) is 48.1 Å². The summed E-state index contributed by atoms with van der Waals surface area (Å²) in [7, 11) is 6.25. The normalized spacial score (nSPS) is 16.2. The fraction of sp³-hybridized carbons (Fsp3) is 0.480. The molecule has 1 atom stereocenters. The van der Waals surface area contributed by atoms with Gasteiger partial charge >= 0.3 is 0 Å². The van der Waals surface area contributed by atoms with Crippen LogP contribution in [0.3, 0.4) is 0 Å². The van der Waals surface area contributed by atoms with Crippen LogP contribution in [-0.2, 0) is 0 Å². The summed E-state index contributed by atoms with van der Waals surface area (Å²) in [6.07, 6.45) is 0.114. The fourth-order valence-electron chi connectivity index (χ4n) is 3.83. The minimum atomic E-state index is -0.0554. The standard InChI is InChI=1S/C25H36N4O2/c1-19(2)31-23-12-8-21(9-13-23)25(30)26-18-24(29-16-14-28(5)15-17-29)20-6-10-22(11-7-20)27(3)4/h6-13,19,24H,14-18H2,1-5H3,(H,26,30)/t24-/m0/s1. The molecule has 168 valence electrons. The predicted octanol–water partition coefficient (Wildman–Crippen LogP) is 3.26. The lowest BCUT2D eigenvalue weighted by Gasteiger charge is -2.38. The number of ether oxygens (including phenoxy) is 1. The number of nitrogens with one attached hydrogen (secondary N) is 1. The van der Waals surface area contributed by atoms with Crippen LogP contribution in [0.1, 0.15) is 35.8 Å². The summed E-state index contributed by atoms with van der Waals surface area (Å²) in [5.41, 5.74) is 3.06. The van der Waals surface area contributed by atoms with E-state index in [1.165, 1.54) is 11.3 Å². The Bertz CT molecular complexity index is 826. The first-order valence-corrected chi connectivity index (χ1v) is 11.1. The zero-order valence-corrected chi connectivity index (χ0v) is 19.5. The van der Waals surface area contributed by atoms with Gasteiger partial charge in [0.15, 0.2) is 0 Å². The number of anilines is 1.